The van der Waals surface area contributed by atoms with Gasteiger partial charge in [-0.25, -0.2) is 4.39 Å². The summed E-state index contributed by atoms with van der Waals surface area (Å²) >= 11 is 0. The lowest BCUT2D eigenvalue weighted by atomic mass is 9.96. The van der Waals surface area contributed by atoms with Crippen LogP contribution in [0.4, 0.5) is 23.2 Å². The standard InChI is InChI=1S/C14H14F4N2O3/c15-10-3-1-2-4-11(10)19-12(21)7-20-5-8(13(22)23)9(6-20)14(16,17)18/h1-4,8-9H,5-7H2,(H,19,21)(H,22,23)/t8-,9-/m1/s1. The highest BCUT2D eigenvalue weighted by Crippen LogP contribution is 2.37. The van der Waals surface area contributed by atoms with Gasteiger partial charge >= 0.3 is 12.1 Å². The number of rotatable bonds is 4. The molecule has 1 heterocycles. The fourth-order valence-electron chi connectivity index (χ4n) is 2.55. The molecule has 2 N–H and O–H groups in total. The Bertz CT molecular complexity index is 606. The summed E-state index contributed by atoms with van der Waals surface area (Å²) in [6, 6.07) is 5.37. The van der Waals surface area contributed by atoms with Crippen molar-refractivity contribution in [3.8, 4) is 0 Å². The van der Waals surface area contributed by atoms with Crippen molar-refractivity contribution in [3.63, 3.8) is 0 Å². The molecule has 126 valence electrons. The highest BCUT2D eigenvalue weighted by Gasteiger charge is 2.52. The first kappa shape index (κ1) is 17.2. The largest absolute Gasteiger partial charge is 0.481 e. The predicted octanol–water partition coefficient (Wildman–Crippen LogP) is 1.96. The predicted molar refractivity (Wildman–Crippen MR) is 72.1 cm³/mol. The van der Waals surface area contributed by atoms with E-state index in [-0.39, 0.29) is 12.2 Å². The Balaban J connectivity index is 1.99. The number of halogens is 4. The number of hydrogen-bond donors (Lipinski definition) is 2. The zero-order chi connectivity index (χ0) is 17.2. The van der Waals surface area contributed by atoms with Crippen LogP contribution in [-0.4, -0.2) is 47.7 Å². The van der Waals surface area contributed by atoms with Crippen molar-refractivity contribution in [1.82, 2.24) is 4.90 Å². The van der Waals surface area contributed by atoms with Crippen molar-refractivity contribution in [2.75, 3.05) is 25.0 Å². The Hall–Kier alpha value is -2.16. The number of para-hydroxylation sites is 1. The summed E-state index contributed by atoms with van der Waals surface area (Å²) in [5.74, 6) is -6.57. The van der Waals surface area contributed by atoms with E-state index in [2.05, 4.69) is 5.32 Å². The first-order valence-electron chi connectivity index (χ1n) is 6.74. The third kappa shape index (κ3) is 4.19. The van der Waals surface area contributed by atoms with E-state index >= 15 is 0 Å². The third-order valence-corrected chi connectivity index (χ3v) is 3.65. The molecule has 2 atom stereocenters. The molecule has 0 aromatic heterocycles. The Morgan fingerprint density at radius 3 is 2.43 bits per heavy atom. The Kier molecular flexibility index (Phi) is 4.88. The summed E-state index contributed by atoms with van der Waals surface area (Å²) in [7, 11) is 0. The molecule has 1 aromatic carbocycles. The Morgan fingerprint density at radius 1 is 1.26 bits per heavy atom. The quantitative estimate of drug-likeness (QED) is 0.826. The second-order valence-corrected chi connectivity index (χ2v) is 5.31. The SMILES string of the molecule is O=C(CN1C[C@@H](C(F)(F)F)[C@H](C(=O)O)C1)Nc1ccccc1F. The minimum absolute atomic E-state index is 0.0844. The molecule has 1 aromatic rings. The van der Waals surface area contributed by atoms with E-state index in [1.807, 2.05) is 0 Å². The van der Waals surface area contributed by atoms with Gasteiger partial charge in [-0.3, -0.25) is 14.5 Å². The number of anilines is 1. The van der Waals surface area contributed by atoms with E-state index in [0.717, 1.165) is 11.0 Å². The van der Waals surface area contributed by atoms with Crippen LogP contribution < -0.4 is 5.32 Å². The molecule has 1 saturated heterocycles. The van der Waals surface area contributed by atoms with Crippen molar-refractivity contribution in [2.45, 2.75) is 6.18 Å². The van der Waals surface area contributed by atoms with Gasteiger partial charge in [0.15, 0.2) is 0 Å². The maximum atomic E-state index is 13.4. The van der Waals surface area contributed by atoms with Gasteiger partial charge in [-0.05, 0) is 12.1 Å². The summed E-state index contributed by atoms with van der Waals surface area (Å²) in [6.45, 7) is -1.40. The zero-order valence-corrected chi connectivity index (χ0v) is 11.8. The molecule has 0 unspecified atom stereocenters. The molecule has 23 heavy (non-hydrogen) atoms. The lowest BCUT2D eigenvalue weighted by molar-refractivity contribution is -0.188. The van der Waals surface area contributed by atoms with Gasteiger partial charge in [0, 0.05) is 13.1 Å². The van der Waals surface area contributed by atoms with Crippen LogP contribution in [0.2, 0.25) is 0 Å². The van der Waals surface area contributed by atoms with Gasteiger partial charge < -0.3 is 10.4 Å². The van der Waals surface area contributed by atoms with Gasteiger partial charge in [-0.2, -0.15) is 13.2 Å². The van der Waals surface area contributed by atoms with Gasteiger partial charge in [0.25, 0.3) is 0 Å². The average Bonchev–Trinajstić information content (AvgIpc) is 2.85. The van der Waals surface area contributed by atoms with Crippen LogP contribution in [0.25, 0.3) is 0 Å². The number of nitrogens with one attached hydrogen (secondary N) is 1. The van der Waals surface area contributed by atoms with Crippen molar-refractivity contribution >= 4 is 17.6 Å². The van der Waals surface area contributed by atoms with Crippen LogP contribution in [0.15, 0.2) is 24.3 Å². The summed E-state index contributed by atoms with van der Waals surface area (Å²) in [6.07, 6.45) is -4.65. The number of nitrogens with zero attached hydrogens (tertiary/aromatic N) is 1. The molecular weight excluding hydrogens is 320 g/mol. The summed E-state index contributed by atoms with van der Waals surface area (Å²) in [4.78, 5) is 23.9. The van der Waals surface area contributed by atoms with Crippen LogP contribution in [0.1, 0.15) is 0 Å². The van der Waals surface area contributed by atoms with Gasteiger partial charge in [-0.15, -0.1) is 0 Å². The molecular formula is C14H14F4N2O3. The maximum absolute atomic E-state index is 13.4. The minimum Gasteiger partial charge on any atom is -0.481 e. The van der Waals surface area contributed by atoms with E-state index in [4.69, 9.17) is 5.11 Å². The molecule has 0 radical (unpaired) electrons. The molecule has 1 aliphatic rings. The number of carboxylic acids is 1. The third-order valence-electron chi connectivity index (χ3n) is 3.65. The fraction of sp³-hybridized carbons (Fsp3) is 0.429. The van der Waals surface area contributed by atoms with E-state index < -0.39 is 48.8 Å². The van der Waals surface area contributed by atoms with Crippen molar-refractivity contribution in [1.29, 1.82) is 0 Å². The number of alkyl halides is 3. The number of carboxylic acid groups (broad SMARTS) is 1. The number of carbonyl (C=O) groups is 2. The lowest BCUT2D eigenvalue weighted by Crippen LogP contribution is -2.34. The average molecular weight is 334 g/mol. The number of aliphatic carboxylic acids is 1. The van der Waals surface area contributed by atoms with Crippen LogP contribution in [0.5, 0.6) is 0 Å². The Morgan fingerprint density at radius 2 is 1.91 bits per heavy atom. The molecule has 0 aliphatic carbocycles. The first-order chi connectivity index (χ1) is 10.7. The van der Waals surface area contributed by atoms with E-state index in [1.54, 1.807) is 0 Å². The highest BCUT2D eigenvalue weighted by atomic mass is 19.4. The fourth-order valence-corrected chi connectivity index (χ4v) is 2.55. The molecule has 9 heteroatoms. The number of amides is 1. The number of benzene rings is 1. The number of hydrogen-bond acceptors (Lipinski definition) is 3. The molecule has 1 aliphatic heterocycles. The number of carbonyl (C=O) groups excluding carboxylic acids is 1. The molecule has 1 fully saturated rings. The van der Waals surface area contributed by atoms with Gasteiger partial charge in [0.2, 0.25) is 5.91 Å². The number of likely N-dealkylation sites (tertiary alicyclic amines) is 1. The van der Waals surface area contributed by atoms with Crippen molar-refractivity contribution in [2.24, 2.45) is 11.8 Å². The summed E-state index contributed by atoms with van der Waals surface area (Å²) < 4.78 is 51.9. The normalized spacial score (nSPS) is 22.1. The van der Waals surface area contributed by atoms with Crippen molar-refractivity contribution in [3.05, 3.63) is 30.1 Å². The smallest absolute Gasteiger partial charge is 0.393 e. The Labute approximate surface area is 128 Å². The highest BCUT2D eigenvalue weighted by molar-refractivity contribution is 5.92. The maximum Gasteiger partial charge on any atom is 0.393 e. The van der Waals surface area contributed by atoms with Crippen molar-refractivity contribution < 1.29 is 32.3 Å². The van der Waals surface area contributed by atoms with E-state index in [9.17, 15) is 27.2 Å². The molecule has 0 spiro atoms. The van der Waals surface area contributed by atoms with Crippen LogP contribution in [0, 0.1) is 17.7 Å². The monoisotopic (exact) mass is 334 g/mol. The van der Waals surface area contributed by atoms with E-state index in [0.29, 0.717) is 0 Å². The van der Waals surface area contributed by atoms with Gasteiger partial charge in [0.05, 0.1) is 24.1 Å². The second kappa shape index (κ2) is 6.53. The summed E-state index contributed by atoms with van der Waals surface area (Å²) in [5.41, 5.74) is -0.0844. The van der Waals surface area contributed by atoms with Crippen LogP contribution in [0.3, 0.4) is 0 Å². The molecule has 0 bridgehead atoms. The minimum atomic E-state index is -4.65. The molecule has 2 rings (SSSR count). The molecule has 0 saturated carbocycles. The molecule has 1 amide bonds. The topological polar surface area (TPSA) is 69.6 Å². The molecule has 5 nitrogen and oxygen atoms in total. The summed E-state index contributed by atoms with van der Waals surface area (Å²) in [5, 5.41) is 11.1. The first-order valence-corrected chi connectivity index (χ1v) is 6.74. The van der Waals surface area contributed by atoms with Crippen LogP contribution >= 0.6 is 0 Å². The van der Waals surface area contributed by atoms with Gasteiger partial charge in [0.1, 0.15) is 5.82 Å². The lowest BCUT2D eigenvalue weighted by Gasteiger charge is -2.18. The van der Waals surface area contributed by atoms with E-state index in [1.165, 1.54) is 18.2 Å². The zero-order valence-electron chi connectivity index (χ0n) is 11.8. The van der Waals surface area contributed by atoms with Gasteiger partial charge in [-0.1, -0.05) is 12.1 Å². The second-order valence-electron chi connectivity index (χ2n) is 5.31. The van der Waals surface area contributed by atoms with Crippen LogP contribution in [-0.2, 0) is 9.59 Å².